The van der Waals surface area contributed by atoms with Gasteiger partial charge < -0.3 is 18.9 Å². The molecule has 31 heavy (non-hydrogen) atoms. The van der Waals surface area contributed by atoms with Crippen molar-refractivity contribution >= 4 is 23.5 Å². The first kappa shape index (κ1) is 22.7. The molecular formula is C25H29NO4S. The van der Waals surface area contributed by atoms with Gasteiger partial charge in [0.05, 0.1) is 33.6 Å². The number of thiazole rings is 1. The summed E-state index contributed by atoms with van der Waals surface area (Å²) in [6.07, 6.45) is 5.04. The third-order valence-electron chi connectivity index (χ3n) is 4.76. The number of nitrogens with zero attached hydrogens (tertiary/aromatic N) is 1. The minimum atomic E-state index is 0.607. The van der Waals surface area contributed by atoms with Crippen molar-refractivity contribution in [2.75, 3.05) is 27.9 Å². The van der Waals surface area contributed by atoms with Gasteiger partial charge in [-0.3, -0.25) is 0 Å². The van der Waals surface area contributed by atoms with Gasteiger partial charge in [0.2, 0.25) is 0 Å². The van der Waals surface area contributed by atoms with Gasteiger partial charge in [0.15, 0.2) is 23.0 Å². The molecule has 0 aliphatic carbocycles. The average Bonchev–Trinajstić information content (AvgIpc) is 3.26. The van der Waals surface area contributed by atoms with Crippen molar-refractivity contribution in [1.82, 2.24) is 4.98 Å². The van der Waals surface area contributed by atoms with Gasteiger partial charge in [-0.2, -0.15) is 0 Å². The van der Waals surface area contributed by atoms with E-state index in [1.54, 1.807) is 32.7 Å². The van der Waals surface area contributed by atoms with E-state index in [0.717, 1.165) is 39.7 Å². The van der Waals surface area contributed by atoms with E-state index in [2.05, 4.69) is 13.8 Å². The van der Waals surface area contributed by atoms with Crippen molar-refractivity contribution < 1.29 is 18.9 Å². The van der Waals surface area contributed by atoms with E-state index < -0.39 is 0 Å². The second kappa shape index (κ2) is 10.9. The van der Waals surface area contributed by atoms with Crippen LogP contribution in [0.1, 0.15) is 30.8 Å². The van der Waals surface area contributed by atoms with Crippen LogP contribution >= 0.6 is 11.3 Å². The molecule has 0 aliphatic rings. The van der Waals surface area contributed by atoms with Crippen molar-refractivity contribution in [1.29, 1.82) is 0 Å². The Morgan fingerprint density at radius 2 is 1.58 bits per heavy atom. The maximum absolute atomic E-state index is 5.87. The van der Waals surface area contributed by atoms with Crippen molar-refractivity contribution in [2.45, 2.75) is 20.3 Å². The molecule has 1 heterocycles. The predicted octanol–water partition coefficient (Wildman–Crippen LogP) is 6.43. The lowest BCUT2D eigenvalue weighted by Crippen LogP contribution is -2.02. The third kappa shape index (κ3) is 6.01. The first-order valence-corrected chi connectivity index (χ1v) is 11.1. The molecule has 164 valence electrons. The maximum atomic E-state index is 5.87. The lowest BCUT2D eigenvalue weighted by molar-refractivity contribution is 0.273. The zero-order valence-corrected chi connectivity index (χ0v) is 19.5. The molecule has 0 amide bonds. The minimum absolute atomic E-state index is 0.607. The van der Waals surface area contributed by atoms with Gasteiger partial charge in [-0.1, -0.05) is 26.0 Å². The van der Waals surface area contributed by atoms with Gasteiger partial charge in [-0.15, -0.1) is 11.3 Å². The second-order valence-corrected chi connectivity index (χ2v) is 8.31. The van der Waals surface area contributed by atoms with E-state index in [-0.39, 0.29) is 0 Å². The summed E-state index contributed by atoms with van der Waals surface area (Å²) in [6, 6.07) is 11.8. The van der Waals surface area contributed by atoms with E-state index in [1.807, 2.05) is 53.9 Å². The standard InChI is InChI=1S/C25H29NO4S/c1-17(2)12-13-30-22-9-6-18(14-23(22)28-4)7-11-25-26-20(16-31-25)19-8-10-21(27-3)24(15-19)29-5/h6-11,14-17H,12-13H2,1-5H3. The Balaban J connectivity index is 1.72. The SMILES string of the molecule is COc1ccc(-c2csc(C=Cc3ccc(OCCC(C)C)c(OC)c3)n2)cc1OC. The summed E-state index contributed by atoms with van der Waals surface area (Å²) < 4.78 is 22.1. The number of methoxy groups -OCH3 is 3. The number of hydrogen-bond acceptors (Lipinski definition) is 6. The van der Waals surface area contributed by atoms with Gasteiger partial charge in [0.1, 0.15) is 5.01 Å². The summed E-state index contributed by atoms with van der Waals surface area (Å²) in [4.78, 5) is 4.72. The predicted molar refractivity (Wildman–Crippen MR) is 128 cm³/mol. The van der Waals surface area contributed by atoms with E-state index in [1.165, 1.54) is 0 Å². The molecule has 0 saturated heterocycles. The molecule has 0 atom stereocenters. The number of rotatable bonds is 10. The molecule has 0 aliphatic heterocycles. The quantitative estimate of drug-likeness (QED) is 0.364. The zero-order valence-electron chi connectivity index (χ0n) is 18.7. The minimum Gasteiger partial charge on any atom is -0.493 e. The summed E-state index contributed by atoms with van der Waals surface area (Å²) in [7, 11) is 4.92. The monoisotopic (exact) mass is 439 g/mol. The van der Waals surface area contributed by atoms with Crippen LogP contribution in [0, 0.1) is 5.92 Å². The smallest absolute Gasteiger partial charge is 0.161 e. The van der Waals surface area contributed by atoms with E-state index in [9.17, 15) is 0 Å². The van der Waals surface area contributed by atoms with E-state index in [4.69, 9.17) is 23.9 Å². The molecule has 0 bridgehead atoms. The molecule has 6 heteroatoms. The molecule has 0 radical (unpaired) electrons. The fraction of sp³-hybridized carbons (Fsp3) is 0.320. The highest BCUT2D eigenvalue weighted by Gasteiger charge is 2.09. The Labute approximate surface area is 188 Å². The lowest BCUT2D eigenvalue weighted by atomic mass is 10.1. The zero-order chi connectivity index (χ0) is 22.2. The molecule has 0 unspecified atom stereocenters. The van der Waals surface area contributed by atoms with Crippen LogP contribution in [-0.2, 0) is 0 Å². The molecule has 1 aromatic heterocycles. The van der Waals surface area contributed by atoms with Crippen molar-refractivity contribution in [3.63, 3.8) is 0 Å². The fourth-order valence-electron chi connectivity index (χ4n) is 2.97. The largest absolute Gasteiger partial charge is 0.493 e. The van der Waals surface area contributed by atoms with Gasteiger partial charge in [-0.05, 0) is 54.3 Å². The Morgan fingerprint density at radius 1 is 0.871 bits per heavy atom. The van der Waals surface area contributed by atoms with Crippen LogP contribution < -0.4 is 18.9 Å². The summed E-state index contributed by atoms with van der Waals surface area (Å²) in [5, 5.41) is 2.95. The number of hydrogen-bond donors (Lipinski definition) is 0. The number of ether oxygens (including phenoxy) is 4. The van der Waals surface area contributed by atoms with Crippen LogP contribution in [0.3, 0.4) is 0 Å². The summed E-state index contributed by atoms with van der Waals surface area (Å²) >= 11 is 1.59. The number of benzene rings is 2. The van der Waals surface area contributed by atoms with E-state index in [0.29, 0.717) is 24.0 Å². The van der Waals surface area contributed by atoms with Gasteiger partial charge in [-0.25, -0.2) is 4.98 Å². The van der Waals surface area contributed by atoms with Gasteiger partial charge in [0, 0.05) is 10.9 Å². The molecule has 0 N–H and O–H groups in total. The van der Waals surface area contributed by atoms with Crippen molar-refractivity contribution in [2.24, 2.45) is 5.92 Å². The van der Waals surface area contributed by atoms with Crippen LogP contribution in [0.2, 0.25) is 0 Å². The molecule has 3 rings (SSSR count). The summed E-state index contributed by atoms with van der Waals surface area (Å²) in [5.74, 6) is 3.50. The second-order valence-electron chi connectivity index (χ2n) is 7.42. The lowest BCUT2D eigenvalue weighted by Gasteiger charge is -2.12. The molecule has 0 spiro atoms. The first-order valence-electron chi connectivity index (χ1n) is 10.2. The van der Waals surface area contributed by atoms with Crippen LogP contribution in [0.25, 0.3) is 23.4 Å². The van der Waals surface area contributed by atoms with Crippen LogP contribution in [0.5, 0.6) is 23.0 Å². The Hall–Kier alpha value is -2.99. The highest BCUT2D eigenvalue weighted by atomic mass is 32.1. The highest BCUT2D eigenvalue weighted by molar-refractivity contribution is 7.10. The number of aromatic nitrogens is 1. The fourth-order valence-corrected chi connectivity index (χ4v) is 3.69. The molecular weight excluding hydrogens is 410 g/mol. The Bertz CT molecular complexity index is 1030. The Morgan fingerprint density at radius 3 is 2.29 bits per heavy atom. The summed E-state index contributed by atoms with van der Waals surface area (Å²) in [5.41, 5.74) is 2.91. The topological polar surface area (TPSA) is 49.8 Å². The normalized spacial score (nSPS) is 11.2. The van der Waals surface area contributed by atoms with Crippen LogP contribution in [0.4, 0.5) is 0 Å². The van der Waals surface area contributed by atoms with E-state index >= 15 is 0 Å². The van der Waals surface area contributed by atoms with Crippen molar-refractivity contribution in [3.05, 3.63) is 52.3 Å². The first-order chi connectivity index (χ1) is 15.0. The molecule has 5 nitrogen and oxygen atoms in total. The van der Waals surface area contributed by atoms with Gasteiger partial charge in [0.25, 0.3) is 0 Å². The Kier molecular flexibility index (Phi) is 7.95. The third-order valence-corrected chi connectivity index (χ3v) is 5.57. The maximum Gasteiger partial charge on any atom is 0.161 e. The highest BCUT2D eigenvalue weighted by Crippen LogP contribution is 2.33. The average molecular weight is 440 g/mol. The molecule has 0 saturated carbocycles. The van der Waals surface area contributed by atoms with Crippen molar-refractivity contribution in [3.8, 4) is 34.3 Å². The van der Waals surface area contributed by atoms with Crippen LogP contribution in [-0.4, -0.2) is 32.9 Å². The molecule has 3 aromatic rings. The van der Waals surface area contributed by atoms with Gasteiger partial charge >= 0.3 is 0 Å². The summed E-state index contributed by atoms with van der Waals surface area (Å²) in [6.45, 7) is 5.05. The van der Waals surface area contributed by atoms with Crippen LogP contribution in [0.15, 0.2) is 41.8 Å². The molecule has 0 fully saturated rings. The molecule has 2 aromatic carbocycles.